The second-order valence-corrected chi connectivity index (χ2v) is 9.28. The molecule has 4 rings (SSSR count). The van der Waals surface area contributed by atoms with Crippen LogP contribution >= 0.6 is 0 Å². The van der Waals surface area contributed by atoms with Gasteiger partial charge in [0.1, 0.15) is 4.90 Å². The molecule has 13 heteroatoms. The van der Waals surface area contributed by atoms with E-state index in [9.17, 15) is 26.4 Å². The molecule has 0 saturated carbocycles. The van der Waals surface area contributed by atoms with Gasteiger partial charge in [-0.25, -0.2) is 27.5 Å². The third kappa shape index (κ3) is 4.48. The lowest BCUT2D eigenvalue weighted by atomic mass is 10.2. The number of rotatable bonds is 5. The number of piperazine rings is 1. The summed E-state index contributed by atoms with van der Waals surface area (Å²) in [6.45, 7) is 3.42. The fraction of sp³-hybridized carbons (Fsp3) is 0.421. The predicted octanol–water partition coefficient (Wildman–Crippen LogP) is 2.24. The van der Waals surface area contributed by atoms with Crippen LogP contribution in [0.5, 0.6) is 0 Å². The maximum atomic E-state index is 12.9. The molecule has 2 amide bonds. The zero-order valence-corrected chi connectivity index (χ0v) is 17.7. The van der Waals surface area contributed by atoms with Gasteiger partial charge in [-0.05, 0) is 30.7 Å². The van der Waals surface area contributed by atoms with Gasteiger partial charge in [-0.1, -0.05) is 0 Å². The van der Waals surface area contributed by atoms with Crippen LogP contribution in [0.4, 0.5) is 29.6 Å². The number of urea groups is 1. The number of nitrogens with zero attached hydrogens (tertiary/aromatic N) is 5. The van der Waals surface area contributed by atoms with Crippen LogP contribution in [0.1, 0.15) is 12.0 Å². The van der Waals surface area contributed by atoms with E-state index in [1.54, 1.807) is 18.5 Å². The number of hydrogen-bond donors (Lipinski definition) is 1. The summed E-state index contributed by atoms with van der Waals surface area (Å²) in [5.74, 6) is 0.663. The van der Waals surface area contributed by atoms with Crippen LogP contribution in [0.3, 0.4) is 0 Å². The van der Waals surface area contributed by atoms with Crippen molar-refractivity contribution in [1.29, 1.82) is 0 Å². The van der Waals surface area contributed by atoms with Crippen LogP contribution < -0.4 is 10.2 Å². The number of hydrogen-bond acceptors (Lipinski definition) is 7. The molecule has 0 unspecified atom stereocenters. The van der Waals surface area contributed by atoms with E-state index in [0.717, 1.165) is 32.2 Å². The highest BCUT2D eigenvalue weighted by Gasteiger charge is 2.39. The Hall–Kier alpha value is -2.93. The summed E-state index contributed by atoms with van der Waals surface area (Å²) in [6.07, 6.45) is -0.885. The van der Waals surface area contributed by atoms with Gasteiger partial charge in [0.2, 0.25) is 5.95 Å². The molecule has 2 aliphatic heterocycles. The smallest absolute Gasteiger partial charge is 0.338 e. The molecule has 2 aromatic rings. The highest BCUT2D eigenvalue weighted by atomic mass is 32.2. The molecule has 32 heavy (non-hydrogen) atoms. The van der Waals surface area contributed by atoms with Crippen LogP contribution in [0.25, 0.3) is 0 Å². The van der Waals surface area contributed by atoms with Crippen LogP contribution in [0, 0.1) is 0 Å². The van der Waals surface area contributed by atoms with Gasteiger partial charge in [0.05, 0.1) is 11.3 Å². The molecule has 2 aliphatic rings. The Kier molecular flexibility index (Phi) is 5.95. The average Bonchev–Trinajstić information content (AvgIpc) is 2.76. The Morgan fingerprint density at radius 2 is 1.72 bits per heavy atom. The first-order valence-corrected chi connectivity index (χ1v) is 11.4. The van der Waals surface area contributed by atoms with Crippen LogP contribution in [0.15, 0.2) is 41.6 Å². The highest BCUT2D eigenvalue weighted by Crippen LogP contribution is 2.36. The first kappa shape index (κ1) is 22.3. The Balaban J connectivity index is 1.35. The summed E-state index contributed by atoms with van der Waals surface area (Å²) in [5, 5.41) is 2.26. The highest BCUT2D eigenvalue weighted by molar-refractivity contribution is 7.90. The molecule has 3 heterocycles. The van der Waals surface area contributed by atoms with Crippen molar-refractivity contribution in [3.63, 3.8) is 0 Å². The minimum absolute atomic E-state index is 0.0728. The predicted molar refractivity (Wildman–Crippen MR) is 110 cm³/mol. The summed E-state index contributed by atoms with van der Waals surface area (Å²) in [4.78, 5) is 24.7. The number of amides is 2. The van der Waals surface area contributed by atoms with E-state index in [1.165, 1.54) is 0 Å². The Morgan fingerprint density at radius 1 is 1.03 bits per heavy atom. The van der Waals surface area contributed by atoms with Gasteiger partial charge in [-0.2, -0.15) is 13.2 Å². The van der Waals surface area contributed by atoms with Crippen molar-refractivity contribution in [2.24, 2.45) is 0 Å². The van der Waals surface area contributed by atoms with E-state index in [1.807, 2.05) is 0 Å². The number of fused-ring (bicyclic) bond motifs is 1. The quantitative estimate of drug-likeness (QED) is 0.716. The molecule has 9 nitrogen and oxygen atoms in total. The molecule has 0 atom stereocenters. The minimum atomic E-state index is -4.64. The first-order valence-electron chi connectivity index (χ1n) is 9.95. The topological polar surface area (TPSA) is 98.7 Å². The maximum Gasteiger partial charge on any atom is 0.416 e. The van der Waals surface area contributed by atoms with Gasteiger partial charge >= 0.3 is 12.2 Å². The largest absolute Gasteiger partial charge is 0.416 e. The first-order chi connectivity index (χ1) is 15.2. The van der Waals surface area contributed by atoms with Crippen molar-refractivity contribution in [2.45, 2.75) is 17.5 Å². The molecular formula is C19H21F3N6O3S. The second kappa shape index (κ2) is 8.54. The van der Waals surface area contributed by atoms with Crippen molar-refractivity contribution in [1.82, 2.24) is 19.2 Å². The number of carbonyl (C=O) groups excluding carboxylic acids is 1. The van der Waals surface area contributed by atoms with E-state index in [0.29, 0.717) is 35.4 Å². The fourth-order valence-electron chi connectivity index (χ4n) is 3.72. The van der Waals surface area contributed by atoms with Crippen molar-refractivity contribution in [3.8, 4) is 0 Å². The summed E-state index contributed by atoms with van der Waals surface area (Å²) in [6, 6.07) is 3.01. The zero-order valence-electron chi connectivity index (χ0n) is 16.9. The van der Waals surface area contributed by atoms with E-state index in [2.05, 4.69) is 25.1 Å². The normalized spacial score (nSPS) is 18.9. The molecule has 172 valence electrons. The van der Waals surface area contributed by atoms with Crippen LogP contribution in [-0.4, -0.2) is 72.9 Å². The van der Waals surface area contributed by atoms with Crippen molar-refractivity contribution in [2.75, 3.05) is 49.5 Å². The molecule has 1 fully saturated rings. The van der Waals surface area contributed by atoms with E-state index < -0.39 is 27.8 Å². The summed E-state index contributed by atoms with van der Waals surface area (Å²) in [5.41, 5.74) is -1.39. The monoisotopic (exact) mass is 470 g/mol. The van der Waals surface area contributed by atoms with Crippen molar-refractivity contribution < 1.29 is 26.4 Å². The third-order valence-corrected chi connectivity index (χ3v) is 7.23. The summed E-state index contributed by atoms with van der Waals surface area (Å²) < 4.78 is 65.0. The summed E-state index contributed by atoms with van der Waals surface area (Å²) >= 11 is 0. The number of anilines is 2. The Labute approximate surface area is 182 Å². The third-order valence-electron chi connectivity index (χ3n) is 5.39. The second-order valence-electron chi connectivity index (χ2n) is 7.45. The standard InChI is InChI=1S/C19H21F3N6O3S/c20-19(21,22)14-3-4-16-15(13-14)25-18(29)28(32(16,30)31)8-2-7-26-9-11-27(12-10-26)17-23-5-1-6-24-17/h1,3-6,13H,2,7-12H2,(H,25,29). The van der Waals surface area contributed by atoms with Gasteiger partial charge in [-0.3, -0.25) is 4.90 Å². The summed E-state index contributed by atoms with van der Waals surface area (Å²) in [7, 11) is -4.23. The molecule has 1 N–H and O–H groups in total. The number of aromatic nitrogens is 2. The van der Waals surface area contributed by atoms with E-state index >= 15 is 0 Å². The zero-order chi connectivity index (χ0) is 22.9. The number of nitrogens with one attached hydrogen (secondary N) is 1. The molecule has 1 aromatic heterocycles. The molecule has 0 spiro atoms. The number of halogens is 3. The van der Waals surface area contributed by atoms with E-state index in [-0.39, 0.29) is 17.1 Å². The number of benzene rings is 1. The lowest BCUT2D eigenvalue weighted by molar-refractivity contribution is -0.137. The van der Waals surface area contributed by atoms with Gasteiger partial charge in [0, 0.05) is 51.7 Å². The average molecular weight is 470 g/mol. The number of carbonyl (C=O) groups is 1. The maximum absolute atomic E-state index is 12.9. The van der Waals surface area contributed by atoms with Crippen LogP contribution in [0.2, 0.25) is 0 Å². The van der Waals surface area contributed by atoms with Gasteiger partial charge in [0.25, 0.3) is 10.0 Å². The molecule has 1 saturated heterocycles. The SMILES string of the molecule is O=C1Nc2cc(C(F)(F)F)ccc2S(=O)(=O)N1CCCN1CCN(c2ncccn2)CC1. The van der Waals surface area contributed by atoms with Crippen molar-refractivity contribution >= 4 is 27.7 Å². The fourth-order valence-corrected chi connectivity index (χ4v) is 5.22. The van der Waals surface area contributed by atoms with Crippen LogP contribution in [-0.2, 0) is 16.2 Å². The molecule has 0 aliphatic carbocycles. The van der Waals surface area contributed by atoms with Crippen molar-refractivity contribution in [3.05, 3.63) is 42.2 Å². The minimum Gasteiger partial charge on any atom is -0.338 e. The Bertz CT molecular complexity index is 1090. The van der Waals surface area contributed by atoms with Gasteiger partial charge in [-0.15, -0.1) is 0 Å². The lowest BCUT2D eigenvalue weighted by Crippen LogP contribution is -2.48. The van der Waals surface area contributed by atoms with Gasteiger partial charge < -0.3 is 10.2 Å². The number of sulfonamides is 1. The molecular weight excluding hydrogens is 449 g/mol. The Morgan fingerprint density at radius 3 is 2.38 bits per heavy atom. The molecule has 0 radical (unpaired) electrons. The van der Waals surface area contributed by atoms with E-state index in [4.69, 9.17) is 0 Å². The lowest BCUT2D eigenvalue weighted by Gasteiger charge is -2.35. The molecule has 1 aromatic carbocycles. The number of alkyl halides is 3. The van der Waals surface area contributed by atoms with Gasteiger partial charge in [0.15, 0.2) is 0 Å². The molecule has 0 bridgehead atoms.